The van der Waals surface area contributed by atoms with Crippen molar-refractivity contribution in [2.45, 2.75) is 32.0 Å². The molecule has 1 rings (SSSR count). The molecule has 0 radical (unpaired) electrons. The first kappa shape index (κ1) is 15.6. The van der Waals surface area contributed by atoms with Gasteiger partial charge in [-0.05, 0) is 17.6 Å². The standard InChI is InChI=1S/C11H18F3NO2S/c1-9(2)4-10(7-18-6-9,8(16)17-3)15-5-11(12,13)14/h15H,4-7H2,1-3H3. The number of carbonyl (C=O) groups excluding carboxylic acids is 1. The summed E-state index contributed by atoms with van der Waals surface area (Å²) in [7, 11) is 1.20. The summed E-state index contributed by atoms with van der Waals surface area (Å²) in [6, 6.07) is 0. The zero-order valence-corrected chi connectivity index (χ0v) is 11.5. The summed E-state index contributed by atoms with van der Waals surface area (Å²) in [6.07, 6.45) is -4.00. The van der Waals surface area contributed by atoms with Crippen molar-refractivity contribution in [1.82, 2.24) is 5.32 Å². The van der Waals surface area contributed by atoms with Gasteiger partial charge in [0.1, 0.15) is 5.54 Å². The van der Waals surface area contributed by atoms with Crippen molar-refractivity contribution in [3.05, 3.63) is 0 Å². The molecular weight excluding hydrogens is 267 g/mol. The predicted octanol–water partition coefficient (Wildman–Crippen LogP) is 2.21. The average molecular weight is 285 g/mol. The van der Waals surface area contributed by atoms with Gasteiger partial charge in [-0.3, -0.25) is 10.1 Å². The van der Waals surface area contributed by atoms with Crippen LogP contribution in [0.5, 0.6) is 0 Å². The summed E-state index contributed by atoms with van der Waals surface area (Å²) < 4.78 is 41.6. The van der Waals surface area contributed by atoms with Crippen LogP contribution in [0, 0.1) is 5.41 Å². The fourth-order valence-corrected chi connectivity index (χ4v) is 3.63. The van der Waals surface area contributed by atoms with Crippen molar-refractivity contribution in [1.29, 1.82) is 0 Å². The van der Waals surface area contributed by atoms with Crippen LogP contribution in [0.15, 0.2) is 0 Å². The highest BCUT2D eigenvalue weighted by atomic mass is 32.2. The number of halogens is 3. The number of methoxy groups -OCH3 is 1. The van der Waals surface area contributed by atoms with E-state index in [1.807, 2.05) is 13.8 Å². The number of nitrogens with one attached hydrogen (secondary N) is 1. The number of ether oxygens (including phenoxy) is 1. The molecular formula is C11H18F3NO2S. The largest absolute Gasteiger partial charge is 0.468 e. The molecule has 0 aliphatic carbocycles. The molecule has 0 aromatic carbocycles. The molecule has 1 fully saturated rings. The van der Waals surface area contributed by atoms with Gasteiger partial charge in [0.25, 0.3) is 0 Å². The number of carbonyl (C=O) groups is 1. The lowest BCUT2D eigenvalue weighted by Gasteiger charge is -2.43. The molecule has 1 atom stereocenters. The van der Waals surface area contributed by atoms with E-state index in [1.54, 1.807) is 0 Å². The van der Waals surface area contributed by atoms with Gasteiger partial charge in [-0.1, -0.05) is 13.8 Å². The molecule has 0 spiro atoms. The zero-order valence-electron chi connectivity index (χ0n) is 10.7. The predicted molar refractivity (Wildman–Crippen MR) is 64.5 cm³/mol. The van der Waals surface area contributed by atoms with E-state index in [0.717, 1.165) is 5.75 Å². The summed E-state index contributed by atoms with van der Waals surface area (Å²) in [6.45, 7) is 2.69. The molecule has 0 aromatic heterocycles. The van der Waals surface area contributed by atoms with E-state index in [0.29, 0.717) is 12.2 Å². The first-order valence-corrected chi connectivity index (χ1v) is 6.74. The number of thioether (sulfide) groups is 1. The van der Waals surface area contributed by atoms with Crippen molar-refractivity contribution in [2.75, 3.05) is 25.2 Å². The maximum absolute atomic E-state index is 12.3. The van der Waals surface area contributed by atoms with Crippen LogP contribution >= 0.6 is 11.8 Å². The minimum Gasteiger partial charge on any atom is -0.468 e. The zero-order chi connectivity index (χ0) is 14.0. The van der Waals surface area contributed by atoms with E-state index in [4.69, 9.17) is 0 Å². The fourth-order valence-electron chi connectivity index (χ4n) is 2.20. The monoisotopic (exact) mass is 285 g/mol. The van der Waals surface area contributed by atoms with Gasteiger partial charge in [0, 0.05) is 5.75 Å². The highest BCUT2D eigenvalue weighted by Crippen LogP contribution is 2.40. The van der Waals surface area contributed by atoms with Crippen molar-refractivity contribution in [3.63, 3.8) is 0 Å². The lowest BCUT2D eigenvalue weighted by molar-refractivity contribution is -0.154. The average Bonchev–Trinajstić information content (AvgIpc) is 2.23. The van der Waals surface area contributed by atoms with E-state index in [-0.39, 0.29) is 5.41 Å². The third-order valence-corrected chi connectivity index (χ3v) is 4.51. The van der Waals surface area contributed by atoms with E-state index in [2.05, 4.69) is 10.1 Å². The first-order valence-electron chi connectivity index (χ1n) is 5.58. The number of hydrogen-bond donors (Lipinski definition) is 1. The summed E-state index contributed by atoms with van der Waals surface area (Å²) >= 11 is 1.47. The van der Waals surface area contributed by atoms with Crippen molar-refractivity contribution in [2.24, 2.45) is 5.41 Å². The Morgan fingerprint density at radius 3 is 2.44 bits per heavy atom. The Balaban J connectivity index is 2.86. The number of esters is 1. The van der Waals surface area contributed by atoms with Gasteiger partial charge in [-0.2, -0.15) is 24.9 Å². The minimum atomic E-state index is -4.34. The lowest BCUT2D eigenvalue weighted by atomic mass is 9.79. The Bertz CT molecular complexity index is 320. The van der Waals surface area contributed by atoms with Crippen molar-refractivity contribution in [3.8, 4) is 0 Å². The van der Waals surface area contributed by atoms with E-state index in [1.165, 1.54) is 18.9 Å². The molecule has 7 heteroatoms. The normalized spacial score (nSPS) is 27.9. The van der Waals surface area contributed by atoms with Gasteiger partial charge in [-0.25, -0.2) is 0 Å². The van der Waals surface area contributed by atoms with E-state index >= 15 is 0 Å². The van der Waals surface area contributed by atoms with Gasteiger partial charge < -0.3 is 4.74 Å². The molecule has 0 saturated carbocycles. The topological polar surface area (TPSA) is 38.3 Å². The smallest absolute Gasteiger partial charge is 0.401 e. The number of rotatable bonds is 3. The van der Waals surface area contributed by atoms with Gasteiger partial charge >= 0.3 is 12.1 Å². The van der Waals surface area contributed by atoms with Crippen LogP contribution in [0.4, 0.5) is 13.2 Å². The third-order valence-electron chi connectivity index (χ3n) is 2.82. The number of alkyl halides is 3. The van der Waals surface area contributed by atoms with Crippen LogP contribution in [-0.4, -0.2) is 42.8 Å². The van der Waals surface area contributed by atoms with E-state index in [9.17, 15) is 18.0 Å². The highest BCUT2D eigenvalue weighted by molar-refractivity contribution is 7.99. The highest BCUT2D eigenvalue weighted by Gasteiger charge is 2.48. The Labute approximate surface area is 109 Å². The summed E-state index contributed by atoms with van der Waals surface area (Å²) in [5, 5.41) is 2.36. The molecule has 0 aromatic rings. The van der Waals surface area contributed by atoms with Crippen molar-refractivity contribution >= 4 is 17.7 Å². The van der Waals surface area contributed by atoms with Crippen molar-refractivity contribution < 1.29 is 22.7 Å². The maximum Gasteiger partial charge on any atom is 0.401 e. The quantitative estimate of drug-likeness (QED) is 0.807. The van der Waals surface area contributed by atoms with Gasteiger partial charge in [0.15, 0.2) is 0 Å². The minimum absolute atomic E-state index is 0.199. The second-order valence-corrected chi connectivity index (χ2v) is 6.36. The molecule has 0 amide bonds. The Morgan fingerprint density at radius 2 is 2.00 bits per heavy atom. The van der Waals surface area contributed by atoms with Crippen LogP contribution in [-0.2, 0) is 9.53 Å². The van der Waals surface area contributed by atoms with E-state index < -0.39 is 24.2 Å². The molecule has 1 aliphatic rings. The molecule has 1 N–H and O–H groups in total. The van der Waals surface area contributed by atoms with Crippen LogP contribution in [0.1, 0.15) is 20.3 Å². The molecule has 1 heterocycles. The van der Waals surface area contributed by atoms with Crippen LogP contribution in [0.3, 0.4) is 0 Å². The summed E-state index contributed by atoms with van der Waals surface area (Å²) in [4.78, 5) is 11.8. The molecule has 0 bridgehead atoms. The molecule has 3 nitrogen and oxygen atoms in total. The molecule has 1 saturated heterocycles. The lowest BCUT2D eigenvalue weighted by Crippen LogP contribution is -2.61. The molecule has 1 unspecified atom stereocenters. The molecule has 106 valence electrons. The molecule has 1 aliphatic heterocycles. The van der Waals surface area contributed by atoms with Crippen LogP contribution < -0.4 is 5.32 Å². The van der Waals surface area contributed by atoms with Gasteiger partial charge in [0.05, 0.1) is 13.7 Å². The van der Waals surface area contributed by atoms with Crippen LogP contribution in [0.25, 0.3) is 0 Å². The van der Waals surface area contributed by atoms with Gasteiger partial charge in [0.2, 0.25) is 0 Å². The summed E-state index contributed by atoms with van der Waals surface area (Å²) in [5.41, 5.74) is -1.44. The first-order chi connectivity index (χ1) is 8.10. The number of hydrogen-bond acceptors (Lipinski definition) is 4. The second kappa shape index (κ2) is 5.28. The maximum atomic E-state index is 12.3. The van der Waals surface area contributed by atoms with Crippen LogP contribution in [0.2, 0.25) is 0 Å². The Kier molecular flexibility index (Phi) is 4.59. The molecule has 18 heavy (non-hydrogen) atoms. The second-order valence-electron chi connectivity index (χ2n) is 5.38. The summed E-state index contributed by atoms with van der Waals surface area (Å²) in [5.74, 6) is 0.505. The third kappa shape index (κ3) is 4.05. The Hall–Kier alpha value is -0.430. The fraction of sp³-hybridized carbons (Fsp3) is 0.909. The van der Waals surface area contributed by atoms with Gasteiger partial charge in [-0.15, -0.1) is 0 Å². The SMILES string of the molecule is COC(=O)C1(NCC(F)(F)F)CSCC(C)(C)C1. The Morgan fingerprint density at radius 1 is 1.39 bits per heavy atom.